The molecule has 2 N–H and O–H groups in total. The predicted octanol–water partition coefficient (Wildman–Crippen LogP) is 1.27. The van der Waals surface area contributed by atoms with Crippen LogP contribution in [0.5, 0.6) is 0 Å². The molecule has 0 saturated carbocycles. The summed E-state index contributed by atoms with van der Waals surface area (Å²) in [6.45, 7) is 6.03. The van der Waals surface area contributed by atoms with E-state index in [1.165, 1.54) is 0 Å². The zero-order valence-electron chi connectivity index (χ0n) is 9.12. The third-order valence-electron chi connectivity index (χ3n) is 2.50. The minimum atomic E-state index is -0.865. The summed E-state index contributed by atoms with van der Waals surface area (Å²) in [6.07, 6.45) is 0.0423. The number of ether oxygens (including phenoxy) is 1. The number of hydrogen-bond acceptors (Lipinski definition) is 3. The molecule has 0 rings (SSSR count). The molecule has 0 heterocycles. The van der Waals surface area contributed by atoms with Crippen molar-refractivity contribution in [2.75, 3.05) is 13.2 Å². The lowest BCUT2D eigenvalue weighted by atomic mass is 9.82. The van der Waals surface area contributed by atoms with Crippen molar-refractivity contribution >= 4 is 5.97 Å². The van der Waals surface area contributed by atoms with Gasteiger partial charge < -0.3 is 14.9 Å². The Labute approximate surface area is 84.9 Å². The van der Waals surface area contributed by atoms with Crippen molar-refractivity contribution in [1.82, 2.24) is 0 Å². The first-order valence-corrected chi connectivity index (χ1v) is 4.95. The molecule has 4 nitrogen and oxygen atoms in total. The van der Waals surface area contributed by atoms with E-state index in [1.807, 2.05) is 13.8 Å². The average Bonchev–Trinajstić information content (AvgIpc) is 2.14. The third kappa shape index (κ3) is 4.07. The Kier molecular flexibility index (Phi) is 5.72. The zero-order valence-corrected chi connectivity index (χ0v) is 9.12. The lowest BCUT2D eigenvalue weighted by Gasteiger charge is -2.25. The summed E-state index contributed by atoms with van der Waals surface area (Å²) in [6, 6.07) is 0. The van der Waals surface area contributed by atoms with E-state index in [-0.39, 0.29) is 13.0 Å². The summed E-state index contributed by atoms with van der Waals surface area (Å²) in [5.74, 6) is -0.865. The first-order valence-electron chi connectivity index (χ1n) is 4.95. The summed E-state index contributed by atoms with van der Waals surface area (Å²) in [5.41, 5.74) is -0.851. The number of hydrogen-bond donors (Lipinski definition) is 2. The van der Waals surface area contributed by atoms with Crippen molar-refractivity contribution in [3.63, 3.8) is 0 Å². The van der Waals surface area contributed by atoms with Gasteiger partial charge in [0.25, 0.3) is 0 Å². The summed E-state index contributed by atoms with van der Waals surface area (Å²) in [5, 5.41) is 18.5. The SMILES string of the molecule is CCOCC(O)CC(C)(CC)C(=O)O. The number of carboxylic acids is 1. The number of aliphatic carboxylic acids is 1. The van der Waals surface area contributed by atoms with Gasteiger partial charge in [-0.3, -0.25) is 4.79 Å². The van der Waals surface area contributed by atoms with Crippen LogP contribution >= 0.6 is 0 Å². The second-order valence-electron chi connectivity index (χ2n) is 3.74. The minimum absolute atomic E-state index is 0.208. The number of rotatable bonds is 7. The van der Waals surface area contributed by atoms with Crippen molar-refractivity contribution in [2.24, 2.45) is 5.41 Å². The highest BCUT2D eigenvalue weighted by Crippen LogP contribution is 2.27. The molecule has 0 spiro atoms. The van der Waals surface area contributed by atoms with E-state index in [0.717, 1.165) is 0 Å². The van der Waals surface area contributed by atoms with Gasteiger partial charge in [0.1, 0.15) is 0 Å². The van der Waals surface area contributed by atoms with Crippen LogP contribution < -0.4 is 0 Å². The number of carbonyl (C=O) groups is 1. The molecule has 0 amide bonds. The normalized spacial score (nSPS) is 17.4. The third-order valence-corrected chi connectivity index (χ3v) is 2.50. The fourth-order valence-electron chi connectivity index (χ4n) is 1.22. The second-order valence-corrected chi connectivity index (χ2v) is 3.74. The molecule has 0 aromatic heterocycles. The van der Waals surface area contributed by atoms with E-state index in [9.17, 15) is 9.90 Å². The van der Waals surface area contributed by atoms with Gasteiger partial charge in [0.2, 0.25) is 0 Å². The highest BCUT2D eigenvalue weighted by atomic mass is 16.5. The van der Waals surface area contributed by atoms with Crippen LogP contribution in [0.2, 0.25) is 0 Å². The quantitative estimate of drug-likeness (QED) is 0.655. The molecule has 2 unspecified atom stereocenters. The van der Waals surface area contributed by atoms with E-state index in [4.69, 9.17) is 9.84 Å². The first kappa shape index (κ1) is 13.4. The highest BCUT2D eigenvalue weighted by molar-refractivity contribution is 5.74. The Balaban J connectivity index is 4.10. The van der Waals surface area contributed by atoms with Crippen molar-refractivity contribution in [3.8, 4) is 0 Å². The summed E-state index contributed by atoms with van der Waals surface area (Å²) in [7, 11) is 0. The largest absolute Gasteiger partial charge is 0.481 e. The smallest absolute Gasteiger partial charge is 0.309 e. The molecular weight excluding hydrogens is 184 g/mol. The van der Waals surface area contributed by atoms with Crippen LogP contribution in [0.1, 0.15) is 33.6 Å². The molecule has 0 radical (unpaired) electrons. The Morgan fingerprint density at radius 1 is 1.50 bits per heavy atom. The van der Waals surface area contributed by atoms with E-state index >= 15 is 0 Å². The number of aliphatic hydroxyl groups is 1. The molecule has 0 aromatic rings. The van der Waals surface area contributed by atoms with Crippen LogP contribution in [0.3, 0.4) is 0 Å². The van der Waals surface area contributed by atoms with E-state index in [2.05, 4.69) is 0 Å². The van der Waals surface area contributed by atoms with Crippen LogP contribution in [0.25, 0.3) is 0 Å². The van der Waals surface area contributed by atoms with Crippen molar-refractivity contribution in [1.29, 1.82) is 0 Å². The fourth-order valence-corrected chi connectivity index (χ4v) is 1.22. The van der Waals surface area contributed by atoms with Crippen LogP contribution in [0.4, 0.5) is 0 Å². The van der Waals surface area contributed by atoms with Crippen LogP contribution in [0, 0.1) is 5.41 Å². The lowest BCUT2D eigenvalue weighted by Crippen LogP contribution is -2.33. The van der Waals surface area contributed by atoms with Gasteiger partial charge in [-0.15, -0.1) is 0 Å². The molecule has 0 fully saturated rings. The van der Waals surface area contributed by atoms with Crippen LogP contribution in [0.15, 0.2) is 0 Å². The monoisotopic (exact) mass is 204 g/mol. The van der Waals surface area contributed by atoms with Gasteiger partial charge in [-0.05, 0) is 26.7 Å². The van der Waals surface area contributed by atoms with Crippen molar-refractivity contribution in [3.05, 3.63) is 0 Å². The summed E-state index contributed by atoms with van der Waals surface area (Å²) < 4.78 is 5.02. The number of aliphatic hydroxyl groups excluding tert-OH is 1. The average molecular weight is 204 g/mol. The Bertz CT molecular complexity index is 181. The maximum absolute atomic E-state index is 10.9. The van der Waals surface area contributed by atoms with Gasteiger partial charge in [0.05, 0.1) is 18.1 Å². The van der Waals surface area contributed by atoms with E-state index in [0.29, 0.717) is 13.0 Å². The first-order chi connectivity index (χ1) is 6.46. The summed E-state index contributed by atoms with van der Waals surface area (Å²) >= 11 is 0. The Morgan fingerprint density at radius 2 is 2.07 bits per heavy atom. The molecule has 0 aliphatic heterocycles. The van der Waals surface area contributed by atoms with Gasteiger partial charge in [-0.1, -0.05) is 6.92 Å². The fraction of sp³-hybridized carbons (Fsp3) is 0.900. The molecule has 0 saturated heterocycles. The highest BCUT2D eigenvalue weighted by Gasteiger charge is 2.33. The maximum Gasteiger partial charge on any atom is 0.309 e. The molecule has 84 valence electrons. The van der Waals surface area contributed by atoms with Gasteiger partial charge >= 0.3 is 5.97 Å². The number of carboxylic acid groups (broad SMARTS) is 1. The van der Waals surface area contributed by atoms with Gasteiger partial charge in [0, 0.05) is 6.61 Å². The molecular formula is C10H20O4. The molecule has 14 heavy (non-hydrogen) atoms. The zero-order chi connectivity index (χ0) is 11.2. The predicted molar refractivity (Wildman–Crippen MR) is 53.2 cm³/mol. The molecule has 0 aliphatic rings. The summed E-state index contributed by atoms with van der Waals surface area (Å²) in [4.78, 5) is 10.9. The molecule has 0 bridgehead atoms. The van der Waals surface area contributed by atoms with Gasteiger partial charge in [-0.25, -0.2) is 0 Å². The molecule has 4 heteroatoms. The lowest BCUT2D eigenvalue weighted by molar-refractivity contribution is -0.150. The maximum atomic E-state index is 10.9. The van der Waals surface area contributed by atoms with Crippen LogP contribution in [-0.4, -0.2) is 35.5 Å². The van der Waals surface area contributed by atoms with E-state index < -0.39 is 17.5 Å². The van der Waals surface area contributed by atoms with Crippen molar-refractivity contribution < 1.29 is 19.7 Å². The minimum Gasteiger partial charge on any atom is -0.481 e. The molecule has 2 atom stereocenters. The Morgan fingerprint density at radius 3 is 2.43 bits per heavy atom. The van der Waals surface area contributed by atoms with E-state index in [1.54, 1.807) is 6.92 Å². The van der Waals surface area contributed by atoms with Gasteiger partial charge in [0.15, 0.2) is 0 Å². The second kappa shape index (κ2) is 5.98. The Hall–Kier alpha value is -0.610. The van der Waals surface area contributed by atoms with Gasteiger partial charge in [-0.2, -0.15) is 0 Å². The van der Waals surface area contributed by atoms with Crippen molar-refractivity contribution in [2.45, 2.75) is 39.7 Å². The molecule has 0 aliphatic carbocycles. The standard InChI is InChI=1S/C10H20O4/c1-4-10(3,9(12)13)6-8(11)7-14-5-2/h8,11H,4-7H2,1-3H3,(H,12,13). The van der Waals surface area contributed by atoms with Crippen LogP contribution in [-0.2, 0) is 9.53 Å². The molecule has 0 aromatic carbocycles. The topological polar surface area (TPSA) is 66.8 Å².